The lowest BCUT2D eigenvalue weighted by molar-refractivity contribution is 0.337. The first kappa shape index (κ1) is 11.0. The smallest absolute Gasteiger partial charge is 0.00828 e. The Labute approximate surface area is 81.5 Å². The summed E-state index contributed by atoms with van der Waals surface area (Å²) in [5, 5.41) is 0. The highest BCUT2D eigenvalue weighted by Gasteiger charge is 2.25. The number of nitrogens with zero attached hydrogens (tertiary/aromatic N) is 1. The van der Waals surface area contributed by atoms with Crippen LogP contribution in [0.5, 0.6) is 0 Å². The third kappa shape index (κ3) is 3.25. The molecule has 0 aliphatic carbocycles. The molecule has 13 heavy (non-hydrogen) atoms. The first-order valence-corrected chi connectivity index (χ1v) is 5.27. The third-order valence-electron chi connectivity index (χ3n) is 3.11. The van der Waals surface area contributed by atoms with Crippen molar-refractivity contribution in [1.82, 2.24) is 4.90 Å². The minimum absolute atomic E-state index is 0.350. The summed E-state index contributed by atoms with van der Waals surface area (Å²) in [6, 6.07) is 0.350. The molecule has 0 spiro atoms. The van der Waals surface area contributed by atoms with Gasteiger partial charge in [-0.25, -0.2) is 0 Å². The molecule has 1 aliphatic heterocycles. The second-order valence-electron chi connectivity index (χ2n) is 4.55. The molecule has 0 bridgehead atoms. The van der Waals surface area contributed by atoms with Crippen molar-refractivity contribution in [1.29, 1.82) is 0 Å². The van der Waals surface area contributed by atoms with E-state index in [1.807, 2.05) is 0 Å². The highest BCUT2D eigenvalue weighted by Crippen LogP contribution is 2.20. The van der Waals surface area contributed by atoms with Crippen molar-refractivity contribution in [3.63, 3.8) is 0 Å². The Bertz CT molecular complexity index is 149. The van der Waals surface area contributed by atoms with Crippen LogP contribution >= 0.6 is 0 Å². The van der Waals surface area contributed by atoms with Crippen molar-refractivity contribution >= 4 is 0 Å². The molecule has 0 aromatic rings. The predicted molar refractivity (Wildman–Crippen MR) is 56.4 cm³/mol. The van der Waals surface area contributed by atoms with Crippen LogP contribution < -0.4 is 11.5 Å². The number of likely N-dealkylation sites (tertiary alicyclic amines) is 1. The van der Waals surface area contributed by atoms with E-state index in [4.69, 9.17) is 11.5 Å². The zero-order chi connectivity index (χ0) is 9.84. The van der Waals surface area contributed by atoms with E-state index in [0.717, 1.165) is 13.0 Å². The molecule has 3 heteroatoms. The Balaban J connectivity index is 2.27. The first-order chi connectivity index (χ1) is 6.13. The first-order valence-electron chi connectivity index (χ1n) is 5.27. The summed E-state index contributed by atoms with van der Waals surface area (Å²) in [5.74, 6) is 1.26. The lowest BCUT2D eigenvalue weighted by atomic mass is 9.91. The van der Waals surface area contributed by atoms with Gasteiger partial charge in [0.2, 0.25) is 0 Å². The summed E-state index contributed by atoms with van der Waals surface area (Å²) in [4.78, 5) is 2.36. The lowest BCUT2D eigenvalue weighted by Gasteiger charge is -2.21. The molecule has 78 valence electrons. The second kappa shape index (κ2) is 4.94. The quantitative estimate of drug-likeness (QED) is 0.660. The van der Waals surface area contributed by atoms with Crippen LogP contribution in [0.15, 0.2) is 0 Å². The van der Waals surface area contributed by atoms with Crippen LogP contribution in [0.1, 0.15) is 19.8 Å². The zero-order valence-electron chi connectivity index (χ0n) is 8.87. The van der Waals surface area contributed by atoms with Crippen LogP contribution in [-0.4, -0.2) is 37.6 Å². The summed E-state index contributed by atoms with van der Waals surface area (Å²) < 4.78 is 0. The van der Waals surface area contributed by atoms with Gasteiger partial charge in [-0.15, -0.1) is 0 Å². The fourth-order valence-electron chi connectivity index (χ4n) is 2.07. The predicted octanol–water partition coefficient (Wildman–Crippen LogP) is 0.250. The molecule has 1 fully saturated rings. The summed E-state index contributed by atoms with van der Waals surface area (Å²) >= 11 is 0. The minimum atomic E-state index is 0.350. The molecule has 0 saturated carbocycles. The summed E-state index contributed by atoms with van der Waals surface area (Å²) in [6.45, 7) is 5.31. The molecular weight excluding hydrogens is 162 g/mol. The van der Waals surface area contributed by atoms with E-state index < -0.39 is 0 Å². The number of hydrogen-bond donors (Lipinski definition) is 2. The maximum absolute atomic E-state index is 6.14. The number of nitrogens with two attached hydrogens (primary N) is 2. The van der Waals surface area contributed by atoms with Gasteiger partial charge in [-0.3, -0.25) is 0 Å². The minimum Gasteiger partial charge on any atom is -0.330 e. The average molecular weight is 185 g/mol. The van der Waals surface area contributed by atoms with E-state index in [9.17, 15) is 0 Å². The van der Waals surface area contributed by atoms with Gasteiger partial charge in [-0.2, -0.15) is 0 Å². The van der Waals surface area contributed by atoms with Crippen LogP contribution in [0.3, 0.4) is 0 Å². The Morgan fingerprint density at radius 2 is 2.23 bits per heavy atom. The molecule has 1 rings (SSSR count). The molecule has 0 amide bonds. The molecule has 0 aromatic carbocycles. The number of rotatable bonds is 4. The molecule has 4 N–H and O–H groups in total. The van der Waals surface area contributed by atoms with Crippen LogP contribution in [0.25, 0.3) is 0 Å². The number of hydrogen-bond acceptors (Lipinski definition) is 3. The summed E-state index contributed by atoms with van der Waals surface area (Å²) in [5.41, 5.74) is 11.7. The lowest BCUT2D eigenvalue weighted by Crippen LogP contribution is -2.34. The van der Waals surface area contributed by atoms with Crippen molar-refractivity contribution in [3.8, 4) is 0 Å². The summed E-state index contributed by atoms with van der Waals surface area (Å²) in [6.07, 6.45) is 2.34. The topological polar surface area (TPSA) is 55.3 Å². The third-order valence-corrected chi connectivity index (χ3v) is 3.11. The second-order valence-corrected chi connectivity index (χ2v) is 4.55. The van der Waals surface area contributed by atoms with Crippen molar-refractivity contribution in [2.45, 2.75) is 25.8 Å². The molecule has 1 heterocycles. The van der Waals surface area contributed by atoms with E-state index in [0.29, 0.717) is 17.9 Å². The summed E-state index contributed by atoms with van der Waals surface area (Å²) in [7, 11) is 2.17. The van der Waals surface area contributed by atoms with Crippen LogP contribution in [-0.2, 0) is 0 Å². The fourth-order valence-corrected chi connectivity index (χ4v) is 2.07. The Morgan fingerprint density at radius 1 is 1.54 bits per heavy atom. The highest BCUT2D eigenvalue weighted by molar-refractivity contribution is 4.82. The van der Waals surface area contributed by atoms with Crippen LogP contribution in [0, 0.1) is 11.8 Å². The maximum atomic E-state index is 6.14. The molecule has 1 aliphatic rings. The highest BCUT2D eigenvalue weighted by atomic mass is 15.1. The van der Waals surface area contributed by atoms with Crippen molar-refractivity contribution in [2.75, 3.05) is 26.7 Å². The largest absolute Gasteiger partial charge is 0.330 e. The van der Waals surface area contributed by atoms with E-state index in [-0.39, 0.29) is 0 Å². The maximum Gasteiger partial charge on any atom is 0.00828 e. The molecule has 0 aromatic heterocycles. The van der Waals surface area contributed by atoms with E-state index in [1.165, 1.54) is 19.5 Å². The van der Waals surface area contributed by atoms with E-state index in [1.54, 1.807) is 0 Å². The molecule has 3 unspecified atom stereocenters. The van der Waals surface area contributed by atoms with Gasteiger partial charge in [0.15, 0.2) is 0 Å². The monoisotopic (exact) mass is 185 g/mol. The zero-order valence-corrected chi connectivity index (χ0v) is 8.87. The van der Waals surface area contributed by atoms with Gasteiger partial charge in [0.25, 0.3) is 0 Å². The van der Waals surface area contributed by atoms with Crippen LogP contribution in [0.4, 0.5) is 0 Å². The van der Waals surface area contributed by atoms with Crippen molar-refractivity contribution in [3.05, 3.63) is 0 Å². The SMILES string of the molecule is CC(CN)CC(N)C1CCN(C)C1. The molecule has 3 atom stereocenters. The fraction of sp³-hybridized carbons (Fsp3) is 1.00. The van der Waals surface area contributed by atoms with Gasteiger partial charge in [0, 0.05) is 12.6 Å². The molecule has 3 nitrogen and oxygen atoms in total. The molecular formula is C10H23N3. The molecule has 1 saturated heterocycles. The molecule has 0 radical (unpaired) electrons. The van der Waals surface area contributed by atoms with Crippen molar-refractivity contribution < 1.29 is 0 Å². The Kier molecular flexibility index (Phi) is 4.16. The van der Waals surface area contributed by atoms with E-state index in [2.05, 4.69) is 18.9 Å². The van der Waals surface area contributed by atoms with Gasteiger partial charge in [-0.1, -0.05) is 6.92 Å². The van der Waals surface area contributed by atoms with Gasteiger partial charge in [-0.05, 0) is 44.8 Å². The van der Waals surface area contributed by atoms with E-state index >= 15 is 0 Å². The average Bonchev–Trinajstić information content (AvgIpc) is 2.51. The van der Waals surface area contributed by atoms with Gasteiger partial charge in [0.1, 0.15) is 0 Å². The Hall–Kier alpha value is -0.120. The normalized spacial score (nSPS) is 29.1. The van der Waals surface area contributed by atoms with Crippen LogP contribution in [0.2, 0.25) is 0 Å². The van der Waals surface area contributed by atoms with Crippen molar-refractivity contribution in [2.24, 2.45) is 23.3 Å². The van der Waals surface area contributed by atoms with Gasteiger partial charge in [0.05, 0.1) is 0 Å². The van der Waals surface area contributed by atoms with Gasteiger partial charge < -0.3 is 16.4 Å². The Morgan fingerprint density at radius 3 is 2.69 bits per heavy atom. The standard InChI is InChI=1S/C10H23N3/c1-8(6-11)5-10(12)9-3-4-13(2)7-9/h8-10H,3-7,11-12H2,1-2H3. The van der Waals surface area contributed by atoms with Gasteiger partial charge >= 0.3 is 0 Å².